The Morgan fingerprint density at radius 2 is 2.00 bits per heavy atom. The third-order valence-electron chi connectivity index (χ3n) is 3.54. The lowest BCUT2D eigenvalue weighted by molar-refractivity contribution is -0.139. The molecule has 1 fully saturated rings. The number of aliphatic hydroxyl groups is 1. The summed E-state index contributed by atoms with van der Waals surface area (Å²) >= 11 is 0. The van der Waals surface area contributed by atoms with Gasteiger partial charge in [0.1, 0.15) is 0 Å². The van der Waals surface area contributed by atoms with E-state index in [0.717, 1.165) is 31.6 Å². The molecule has 88 valence electrons. The zero-order valence-corrected chi connectivity index (χ0v) is 9.54. The largest absolute Gasteiger partial charge is 0.481 e. The zero-order valence-electron chi connectivity index (χ0n) is 9.54. The summed E-state index contributed by atoms with van der Waals surface area (Å²) in [6.07, 6.45) is 6.65. The van der Waals surface area contributed by atoms with Crippen molar-refractivity contribution in [1.82, 2.24) is 0 Å². The van der Waals surface area contributed by atoms with E-state index >= 15 is 0 Å². The van der Waals surface area contributed by atoms with Gasteiger partial charge in [-0.2, -0.15) is 0 Å². The van der Waals surface area contributed by atoms with E-state index in [-0.39, 0.29) is 6.42 Å². The molecular formula is C12H22O3. The Morgan fingerprint density at radius 3 is 2.47 bits per heavy atom. The van der Waals surface area contributed by atoms with Crippen LogP contribution in [0.4, 0.5) is 0 Å². The van der Waals surface area contributed by atoms with Gasteiger partial charge in [0.15, 0.2) is 0 Å². The van der Waals surface area contributed by atoms with E-state index in [9.17, 15) is 9.90 Å². The van der Waals surface area contributed by atoms with Gasteiger partial charge in [0, 0.05) is 6.42 Å². The van der Waals surface area contributed by atoms with Crippen molar-refractivity contribution < 1.29 is 15.0 Å². The Balaban J connectivity index is 2.30. The lowest BCUT2D eigenvalue weighted by Crippen LogP contribution is -2.34. The molecule has 0 aromatic heterocycles. The fourth-order valence-corrected chi connectivity index (χ4v) is 2.50. The summed E-state index contributed by atoms with van der Waals surface area (Å²) < 4.78 is 0. The summed E-state index contributed by atoms with van der Waals surface area (Å²) in [5.41, 5.74) is -0.692. The van der Waals surface area contributed by atoms with Gasteiger partial charge in [-0.15, -0.1) is 0 Å². The van der Waals surface area contributed by atoms with Gasteiger partial charge >= 0.3 is 5.97 Å². The van der Waals surface area contributed by atoms with E-state index in [2.05, 4.69) is 6.92 Å². The van der Waals surface area contributed by atoms with E-state index in [1.54, 1.807) is 0 Å². The van der Waals surface area contributed by atoms with Gasteiger partial charge in [0.25, 0.3) is 0 Å². The number of hydrogen-bond acceptors (Lipinski definition) is 2. The number of hydrogen-bond donors (Lipinski definition) is 2. The van der Waals surface area contributed by atoms with Crippen molar-refractivity contribution in [2.75, 3.05) is 0 Å². The van der Waals surface area contributed by atoms with Crippen LogP contribution in [0.2, 0.25) is 0 Å². The first-order chi connectivity index (χ1) is 7.06. The van der Waals surface area contributed by atoms with Gasteiger partial charge in [0.05, 0.1) is 5.60 Å². The fourth-order valence-electron chi connectivity index (χ4n) is 2.50. The smallest absolute Gasteiger partial charge is 0.303 e. The summed E-state index contributed by atoms with van der Waals surface area (Å²) in [6.45, 7) is 2.19. The summed E-state index contributed by atoms with van der Waals surface area (Å²) in [4.78, 5) is 10.4. The lowest BCUT2D eigenvalue weighted by Gasteiger charge is -2.35. The van der Waals surface area contributed by atoms with Crippen molar-refractivity contribution in [3.63, 3.8) is 0 Å². The van der Waals surface area contributed by atoms with E-state index < -0.39 is 11.6 Å². The SMILES string of the molecule is CCCC1CCC(O)(CCC(=O)O)CC1. The fraction of sp³-hybridized carbons (Fsp3) is 0.917. The Morgan fingerprint density at radius 1 is 1.40 bits per heavy atom. The molecule has 0 aromatic carbocycles. The molecule has 0 spiro atoms. The molecule has 2 N–H and O–H groups in total. The van der Waals surface area contributed by atoms with Gasteiger partial charge < -0.3 is 10.2 Å². The highest BCUT2D eigenvalue weighted by Gasteiger charge is 2.32. The van der Waals surface area contributed by atoms with Crippen molar-refractivity contribution in [2.24, 2.45) is 5.92 Å². The molecule has 0 unspecified atom stereocenters. The highest BCUT2D eigenvalue weighted by atomic mass is 16.4. The van der Waals surface area contributed by atoms with E-state index in [1.165, 1.54) is 12.8 Å². The Bertz CT molecular complexity index is 205. The molecule has 3 heteroatoms. The second-order valence-corrected chi connectivity index (χ2v) is 4.85. The summed E-state index contributed by atoms with van der Waals surface area (Å²) in [6, 6.07) is 0. The van der Waals surface area contributed by atoms with Crippen LogP contribution in [-0.2, 0) is 4.79 Å². The average Bonchev–Trinajstić information content (AvgIpc) is 2.20. The van der Waals surface area contributed by atoms with Crippen LogP contribution >= 0.6 is 0 Å². The van der Waals surface area contributed by atoms with Crippen LogP contribution in [0.3, 0.4) is 0 Å². The van der Waals surface area contributed by atoms with Crippen molar-refractivity contribution in [1.29, 1.82) is 0 Å². The van der Waals surface area contributed by atoms with Crippen LogP contribution < -0.4 is 0 Å². The number of rotatable bonds is 5. The number of carboxylic acid groups (broad SMARTS) is 1. The van der Waals surface area contributed by atoms with Gasteiger partial charge in [-0.25, -0.2) is 0 Å². The second kappa shape index (κ2) is 5.50. The van der Waals surface area contributed by atoms with Crippen LogP contribution in [0.1, 0.15) is 58.3 Å². The van der Waals surface area contributed by atoms with Gasteiger partial charge in [-0.3, -0.25) is 4.79 Å². The van der Waals surface area contributed by atoms with E-state index in [4.69, 9.17) is 5.11 Å². The Kier molecular flexibility index (Phi) is 4.58. The summed E-state index contributed by atoms with van der Waals surface area (Å²) in [5, 5.41) is 18.7. The molecule has 0 aliphatic heterocycles. The molecule has 0 saturated heterocycles. The molecule has 1 saturated carbocycles. The maximum absolute atomic E-state index is 10.4. The molecular weight excluding hydrogens is 192 g/mol. The molecule has 3 nitrogen and oxygen atoms in total. The van der Waals surface area contributed by atoms with Crippen molar-refractivity contribution in [3.05, 3.63) is 0 Å². The minimum absolute atomic E-state index is 0.0922. The van der Waals surface area contributed by atoms with Crippen LogP contribution in [0.15, 0.2) is 0 Å². The average molecular weight is 214 g/mol. The van der Waals surface area contributed by atoms with Crippen LogP contribution in [-0.4, -0.2) is 21.8 Å². The molecule has 1 aliphatic carbocycles. The van der Waals surface area contributed by atoms with Crippen LogP contribution in [0.25, 0.3) is 0 Å². The van der Waals surface area contributed by atoms with E-state index in [1.807, 2.05) is 0 Å². The molecule has 1 rings (SSSR count). The molecule has 0 radical (unpaired) electrons. The highest BCUT2D eigenvalue weighted by Crippen LogP contribution is 2.36. The van der Waals surface area contributed by atoms with Gasteiger partial charge in [-0.05, 0) is 38.0 Å². The normalized spacial score (nSPS) is 31.5. The highest BCUT2D eigenvalue weighted by molar-refractivity contribution is 5.66. The standard InChI is InChI=1S/C12H22O3/c1-2-3-10-4-7-12(15,8-5-10)9-6-11(13)14/h10,15H,2-9H2,1H3,(H,13,14). The second-order valence-electron chi connectivity index (χ2n) is 4.85. The third kappa shape index (κ3) is 4.20. The number of carboxylic acids is 1. The number of carbonyl (C=O) groups is 1. The first-order valence-electron chi connectivity index (χ1n) is 6.00. The molecule has 0 amide bonds. The topological polar surface area (TPSA) is 57.5 Å². The predicted molar refractivity (Wildman–Crippen MR) is 58.7 cm³/mol. The van der Waals surface area contributed by atoms with Crippen molar-refractivity contribution in [3.8, 4) is 0 Å². The lowest BCUT2D eigenvalue weighted by atomic mass is 9.75. The summed E-state index contributed by atoms with van der Waals surface area (Å²) in [5.74, 6) is -0.0563. The van der Waals surface area contributed by atoms with E-state index in [0.29, 0.717) is 6.42 Å². The molecule has 1 aliphatic rings. The molecule has 15 heavy (non-hydrogen) atoms. The van der Waals surface area contributed by atoms with Gasteiger partial charge in [0.2, 0.25) is 0 Å². The van der Waals surface area contributed by atoms with Gasteiger partial charge in [-0.1, -0.05) is 19.8 Å². The molecule has 0 atom stereocenters. The predicted octanol–water partition coefficient (Wildman–Crippen LogP) is 2.57. The first-order valence-corrected chi connectivity index (χ1v) is 6.00. The van der Waals surface area contributed by atoms with Crippen molar-refractivity contribution in [2.45, 2.75) is 63.9 Å². The molecule has 0 aromatic rings. The Hall–Kier alpha value is -0.570. The van der Waals surface area contributed by atoms with Crippen molar-refractivity contribution >= 4 is 5.97 Å². The zero-order chi connectivity index (χ0) is 11.3. The maximum Gasteiger partial charge on any atom is 0.303 e. The summed E-state index contributed by atoms with van der Waals surface area (Å²) in [7, 11) is 0. The molecule has 0 bridgehead atoms. The van der Waals surface area contributed by atoms with Crippen LogP contribution in [0.5, 0.6) is 0 Å². The third-order valence-corrected chi connectivity index (χ3v) is 3.54. The first kappa shape index (κ1) is 12.5. The van der Waals surface area contributed by atoms with Crippen LogP contribution in [0, 0.1) is 5.92 Å². The quantitative estimate of drug-likeness (QED) is 0.739. The maximum atomic E-state index is 10.4. The Labute approximate surface area is 91.5 Å². The minimum Gasteiger partial charge on any atom is -0.481 e. The molecule has 0 heterocycles. The number of aliphatic carboxylic acids is 1. The monoisotopic (exact) mass is 214 g/mol. The minimum atomic E-state index is -0.806.